The first-order chi connectivity index (χ1) is 23.7. The van der Waals surface area contributed by atoms with Crippen molar-refractivity contribution in [3.63, 3.8) is 0 Å². The number of unbranched alkanes of at least 4 members (excludes halogenated alkanes) is 1. The molecule has 0 fully saturated rings. The Balaban J connectivity index is 0.998. The number of imidazole rings is 1. The minimum atomic E-state index is -0.292. The Morgan fingerprint density at radius 2 is 1.48 bits per heavy atom. The Hall–Kier alpha value is -5.07. The van der Waals surface area contributed by atoms with Crippen molar-refractivity contribution in [3.05, 3.63) is 150 Å². The van der Waals surface area contributed by atoms with Gasteiger partial charge < -0.3 is 15.0 Å². The number of carbonyl (C=O) groups excluding carboxylic acids is 1. The van der Waals surface area contributed by atoms with Crippen molar-refractivity contribution < 1.29 is 9.53 Å². The lowest BCUT2D eigenvalue weighted by Crippen LogP contribution is -2.30. The summed E-state index contributed by atoms with van der Waals surface area (Å²) in [6.07, 6.45) is 3.86. The SMILES string of the molecule is COc1ccc(CCNC(=O)C2c3ccccc3-c3c(CCCCSc4nc(-c5ccccc5)c(-c5ccccc5)[nH]4)cccc32)cc1. The number of hydrogen-bond acceptors (Lipinski definition) is 4. The van der Waals surface area contributed by atoms with E-state index in [4.69, 9.17) is 9.72 Å². The molecule has 1 amide bonds. The van der Waals surface area contributed by atoms with Crippen LogP contribution in [0.3, 0.4) is 0 Å². The van der Waals surface area contributed by atoms with E-state index < -0.39 is 0 Å². The highest BCUT2D eigenvalue weighted by atomic mass is 32.2. The Labute approximate surface area is 286 Å². The molecule has 48 heavy (non-hydrogen) atoms. The maximum Gasteiger partial charge on any atom is 0.232 e. The van der Waals surface area contributed by atoms with Crippen molar-refractivity contribution in [1.82, 2.24) is 15.3 Å². The van der Waals surface area contributed by atoms with E-state index in [9.17, 15) is 4.79 Å². The van der Waals surface area contributed by atoms with E-state index in [1.54, 1.807) is 18.9 Å². The lowest BCUT2D eigenvalue weighted by atomic mass is 9.93. The van der Waals surface area contributed by atoms with Gasteiger partial charge in [0.2, 0.25) is 5.91 Å². The van der Waals surface area contributed by atoms with Crippen molar-refractivity contribution in [2.45, 2.75) is 36.8 Å². The Kier molecular flexibility index (Phi) is 9.71. The zero-order chi connectivity index (χ0) is 32.7. The van der Waals surface area contributed by atoms with Crippen LogP contribution in [-0.4, -0.2) is 35.3 Å². The minimum Gasteiger partial charge on any atom is -0.497 e. The molecule has 0 saturated heterocycles. The molecule has 0 bridgehead atoms. The van der Waals surface area contributed by atoms with Gasteiger partial charge in [-0.25, -0.2) is 4.98 Å². The number of hydrogen-bond donors (Lipinski definition) is 2. The van der Waals surface area contributed by atoms with Gasteiger partial charge in [0.05, 0.1) is 24.4 Å². The molecular formula is C42H39N3O2S. The number of amides is 1. The Bertz CT molecular complexity index is 1930. The summed E-state index contributed by atoms with van der Waals surface area (Å²) in [4.78, 5) is 22.3. The number of nitrogens with one attached hydrogen (secondary N) is 2. The van der Waals surface area contributed by atoms with Gasteiger partial charge in [-0.1, -0.05) is 127 Å². The molecule has 1 unspecified atom stereocenters. The summed E-state index contributed by atoms with van der Waals surface area (Å²) in [7, 11) is 1.67. The molecule has 0 radical (unpaired) electrons. The van der Waals surface area contributed by atoms with Gasteiger partial charge in [-0.05, 0) is 71.2 Å². The minimum absolute atomic E-state index is 0.0615. The molecular weight excluding hydrogens is 611 g/mol. The summed E-state index contributed by atoms with van der Waals surface area (Å²) >= 11 is 1.78. The summed E-state index contributed by atoms with van der Waals surface area (Å²) in [6.45, 7) is 0.589. The van der Waals surface area contributed by atoms with Crippen LogP contribution >= 0.6 is 11.8 Å². The molecule has 6 aromatic rings. The van der Waals surface area contributed by atoms with E-state index in [-0.39, 0.29) is 11.8 Å². The number of thioether (sulfide) groups is 1. The second-order valence-corrected chi connectivity index (χ2v) is 13.2. The molecule has 0 spiro atoms. The molecule has 5 nitrogen and oxygen atoms in total. The predicted octanol–water partition coefficient (Wildman–Crippen LogP) is 9.34. The predicted molar refractivity (Wildman–Crippen MR) is 197 cm³/mol. The van der Waals surface area contributed by atoms with E-state index in [1.807, 2.05) is 30.3 Å². The van der Waals surface area contributed by atoms with E-state index in [0.717, 1.165) is 76.0 Å². The molecule has 1 heterocycles. The molecule has 7 rings (SSSR count). The van der Waals surface area contributed by atoms with Crippen LogP contribution in [0.1, 0.15) is 41.0 Å². The standard InChI is InChI=1S/C42H39N3O2S/c1-47-33-24-22-29(23-25-33)26-27-43-41(46)38-35-20-9-8-19-34(35)37-30(18-12-21-36(37)38)13-10-11-28-48-42-44-39(31-14-4-2-5-15-31)40(45-42)32-16-6-3-7-17-32/h2-9,12,14-25,38H,10-11,13,26-28H2,1H3,(H,43,46)(H,44,45). The van der Waals surface area contributed by atoms with Gasteiger partial charge in [0, 0.05) is 23.4 Å². The van der Waals surface area contributed by atoms with Crippen LogP contribution in [0.5, 0.6) is 5.75 Å². The van der Waals surface area contributed by atoms with Gasteiger partial charge in [-0.15, -0.1) is 0 Å². The van der Waals surface area contributed by atoms with Gasteiger partial charge in [0.25, 0.3) is 0 Å². The van der Waals surface area contributed by atoms with Gasteiger partial charge in [0.15, 0.2) is 5.16 Å². The fraction of sp³-hybridized carbons (Fsp3) is 0.190. The van der Waals surface area contributed by atoms with E-state index >= 15 is 0 Å². The molecule has 0 saturated carbocycles. The van der Waals surface area contributed by atoms with Crippen molar-refractivity contribution >= 4 is 17.7 Å². The average Bonchev–Trinajstić information content (AvgIpc) is 3.72. The van der Waals surface area contributed by atoms with Gasteiger partial charge >= 0.3 is 0 Å². The van der Waals surface area contributed by atoms with E-state index in [1.165, 1.54) is 22.3 Å². The molecule has 240 valence electrons. The van der Waals surface area contributed by atoms with Gasteiger partial charge in [0.1, 0.15) is 5.75 Å². The lowest BCUT2D eigenvalue weighted by Gasteiger charge is -2.15. The first kappa shape index (κ1) is 31.5. The third-order valence-electron chi connectivity index (χ3n) is 9.04. The first-order valence-electron chi connectivity index (χ1n) is 16.6. The van der Waals surface area contributed by atoms with E-state index in [2.05, 4.69) is 107 Å². The van der Waals surface area contributed by atoms with Gasteiger partial charge in [-0.3, -0.25) is 4.79 Å². The van der Waals surface area contributed by atoms with E-state index in [0.29, 0.717) is 6.54 Å². The Morgan fingerprint density at radius 3 is 2.25 bits per heavy atom. The van der Waals surface area contributed by atoms with Crippen molar-refractivity contribution in [2.24, 2.45) is 0 Å². The second kappa shape index (κ2) is 14.8. The zero-order valence-electron chi connectivity index (χ0n) is 27.1. The van der Waals surface area contributed by atoms with Gasteiger partial charge in [-0.2, -0.15) is 0 Å². The van der Waals surface area contributed by atoms with Crippen LogP contribution in [0.4, 0.5) is 0 Å². The number of ether oxygens (including phenoxy) is 1. The highest BCUT2D eigenvalue weighted by molar-refractivity contribution is 7.99. The molecule has 1 aliphatic carbocycles. The molecule has 6 heteroatoms. The summed E-state index contributed by atoms with van der Waals surface area (Å²) in [6, 6.07) is 43.7. The molecule has 5 aromatic carbocycles. The van der Waals surface area contributed by atoms with Crippen molar-refractivity contribution in [3.8, 4) is 39.4 Å². The number of H-pyrrole nitrogens is 1. The third kappa shape index (κ3) is 6.80. The van der Waals surface area contributed by atoms with Crippen LogP contribution in [0.2, 0.25) is 0 Å². The molecule has 1 aliphatic rings. The van der Waals surface area contributed by atoms with Crippen LogP contribution < -0.4 is 10.1 Å². The van der Waals surface area contributed by atoms with Crippen LogP contribution in [0.25, 0.3) is 33.6 Å². The highest BCUT2D eigenvalue weighted by Crippen LogP contribution is 2.47. The average molecular weight is 650 g/mol. The quantitative estimate of drug-likeness (QED) is 0.0967. The summed E-state index contributed by atoms with van der Waals surface area (Å²) in [5, 5.41) is 4.17. The molecule has 1 aromatic heterocycles. The number of aromatic amines is 1. The van der Waals surface area contributed by atoms with Crippen molar-refractivity contribution in [1.29, 1.82) is 0 Å². The summed E-state index contributed by atoms with van der Waals surface area (Å²) < 4.78 is 5.27. The number of rotatable bonds is 13. The smallest absolute Gasteiger partial charge is 0.232 e. The molecule has 1 atom stereocenters. The highest BCUT2D eigenvalue weighted by Gasteiger charge is 2.34. The van der Waals surface area contributed by atoms with Crippen molar-refractivity contribution in [2.75, 3.05) is 19.4 Å². The molecule has 2 N–H and O–H groups in total. The van der Waals surface area contributed by atoms with Crippen LogP contribution in [0, 0.1) is 0 Å². The topological polar surface area (TPSA) is 67.0 Å². The lowest BCUT2D eigenvalue weighted by molar-refractivity contribution is -0.121. The maximum atomic E-state index is 13.7. The number of carbonyl (C=O) groups is 1. The molecule has 0 aliphatic heterocycles. The number of aryl methyl sites for hydroxylation is 1. The summed E-state index contributed by atoms with van der Waals surface area (Å²) in [5.41, 5.74) is 11.4. The fourth-order valence-electron chi connectivity index (χ4n) is 6.67. The second-order valence-electron chi connectivity index (χ2n) is 12.1. The Morgan fingerprint density at radius 1 is 0.771 bits per heavy atom. The number of aromatic nitrogens is 2. The normalized spacial score (nSPS) is 13.1. The largest absolute Gasteiger partial charge is 0.497 e. The summed E-state index contributed by atoms with van der Waals surface area (Å²) in [5.74, 6) is 1.58. The number of nitrogens with zero attached hydrogens (tertiary/aromatic N) is 1. The maximum absolute atomic E-state index is 13.7. The monoisotopic (exact) mass is 649 g/mol. The third-order valence-corrected chi connectivity index (χ3v) is 10.00. The first-order valence-corrected chi connectivity index (χ1v) is 17.6. The fourth-order valence-corrected chi connectivity index (χ4v) is 7.54. The van der Waals surface area contributed by atoms with Crippen LogP contribution in [0.15, 0.2) is 133 Å². The number of fused-ring (bicyclic) bond motifs is 3. The van der Waals surface area contributed by atoms with Crippen LogP contribution in [-0.2, 0) is 17.6 Å². The zero-order valence-corrected chi connectivity index (χ0v) is 27.9. The number of benzene rings is 5. The number of methoxy groups -OCH3 is 1.